The first kappa shape index (κ1) is 17.4. The number of hydrogen-bond donors (Lipinski definition) is 2. The molecule has 2 amide bonds. The number of nitrogens with one attached hydrogen (secondary N) is 2. The summed E-state index contributed by atoms with van der Waals surface area (Å²) in [5.74, 6) is -0.349. The van der Waals surface area contributed by atoms with Gasteiger partial charge in [0.1, 0.15) is 5.00 Å². The van der Waals surface area contributed by atoms with E-state index in [0.29, 0.717) is 22.7 Å². The Morgan fingerprint density at radius 1 is 1.04 bits per heavy atom. The summed E-state index contributed by atoms with van der Waals surface area (Å²) in [5, 5.41) is 6.54. The smallest absolute Gasteiger partial charge is 0.256 e. The summed E-state index contributed by atoms with van der Waals surface area (Å²) in [5.41, 5.74) is 3.20. The standard InChI is InChI=1S/C21H19N3O2S/c25-19(15-7-2-1-3-8-15)24-21-18(16-9-4-10-17(16)27-21)20(26)23-13-14-6-5-11-22-12-14/h1-3,5-8,11-12H,4,9-10,13H2,(H,23,26)(H,24,25). The van der Waals surface area contributed by atoms with Crippen LogP contribution in [0.4, 0.5) is 5.00 Å². The molecule has 2 aromatic heterocycles. The predicted octanol–water partition coefficient (Wildman–Crippen LogP) is 3.81. The van der Waals surface area contributed by atoms with Gasteiger partial charge in [-0.2, -0.15) is 0 Å². The molecule has 136 valence electrons. The molecule has 1 aromatic carbocycles. The molecule has 1 aliphatic rings. The van der Waals surface area contributed by atoms with Crippen molar-refractivity contribution in [2.75, 3.05) is 5.32 Å². The molecule has 1 aliphatic carbocycles. The van der Waals surface area contributed by atoms with Gasteiger partial charge in [0.2, 0.25) is 0 Å². The predicted molar refractivity (Wildman–Crippen MR) is 106 cm³/mol. The Balaban J connectivity index is 1.56. The van der Waals surface area contributed by atoms with E-state index in [2.05, 4.69) is 15.6 Å². The molecule has 0 aliphatic heterocycles. The molecule has 2 N–H and O–H groups in total. The van der Waals surface area contributed by atoms with Crippen molar-refractivity contribution in [1.82, 2.24) is 10.3 Å². The van der Waals surface area contributed by atoms with Crippen LogP contribution < -0.4 is 10.6 Å². The number of pyridine rings is 1. The molecule has 0 saturated carbocycles. The van der Waals surface area contributed by atoms with E-state index in [1.54, 1.807) is 24.5 Å². The minimum Gasteiger partial charge on any atom is -0.348 e. The fraction of sp³-hybridized carbons (Fsp3) is 0.190. The van der Waals surface area contributed by atoms with Crippen LogP contribution in [-0.2, 0) is 19.4 Å². The maximum absolute atomic E-state index is 12.9. The van der Waals surface area contributed by atoms with Crippen LogP contribution in [0.2, 0.25) is 0 Å². The highest BCUT2D eigenvalue weighted by molar-refractivity contribution is 7.17. The van der Waals surface area contributed by atoms with E-state index in [-0.39, 0.29) is 11.8 Å². The van der Waals surface area contributed by atoms with Gasteiger partial charge >= 0.3 is 0 Å². The van der Waals surface area contributed by atoms with Gasteiger partial charge in [0.15, 0.2) is 0 Å². The summed E-state index contributed by atoms with van der Waals surface area (Å²) in [6.45, 7) is 0.406. The van der Waals surface area contributed by atoms with Gasteiger partial charge in [0.05, 0.1) is 5.56 Å². The summed E-state index contributed by atoms with van der Waals surface area (Å²) in [4.78, 5) is 30.7. The van der Waals surface area contributed by atoms with E-state index in [1.807, 2.05) is 30.3 Å². The van der Waals surface area contributed by atoms with Gasteiger partial charge in [-0.15, -0.1) is 11.3 Å². The summed E-state index contributed by atoms with van der Waals surface area (Å²) < 4.78 is 0. The van der Waals surface area contributed by atoms with Crippen molar-refractivity contribution in [3.8, 4) is 0 Å². The Morgan fingerprint density at radius 3 is 2.67 bits per heavy atom. The minimum atomic E-state index is -0.197. The molecule has 2 heterocycles. The Hall–Kier alpha value is -2.99. The summed E-state index contributed by atoms with van der Waals surface area (Å²) in [6.07, 6.45) is 6.33. The lowest BCUT2D eigenvalue weighted by Crippen LogP contribution is -2.25. The summed E-state index contributed by atoms with van der Waals surface area (Å²) in [7, 11) is 0. The van der Waals surface area contributed by atoms with Gasteiger partial charge in [-0.25, -0.2) is 0 Å². The van der Waals surface area contributed by atoms with E-state index in [1.165, 1.54) is 16.2 Å². The van der Waals surface area contributed by atoms with Crippen LogP contribution in [0.15, 0.2) is 54.9 Å². The van der Waals surface area contributed by atoms with Gasteiger partial charge in [-0.1, -0.05) is 24.3 Å². The van der Waals surface area contributed by atoms with E-state index < -0.39 is 0 Å². The Morgan fingerprint density at radius 2 is 1.89 bits per heavy atom. The second kappa shape index (κ2) is 7.72. The zero-order chi connectivity index (χ0) is 18.6. The van der Waals surface area contributed by atoms with Crippen LogP contribution in [0.1, 0.15) is 43.1 Å². The molecule has 27 heavy (non-hydrogen) atoms. The first-order chi connectivity index (χ1) is 13.2. The molecule has 0 spiro atoms. The maximum atomic E-state index is 12.9. The van der Waals surface area contributed by atoms with Gasteiger partial charge in [-0.3, -0.25) is 14.6 Å². The van der Waals surface area contributed by atoms with E-state index in [9.17, 15) is 9.59 Å². The quantitative estimate of drug-likeness (QED) is 0.710. The molecule has 3 aromatic rings. The van der Waals surface area contributed by atoms with E-state index >= 15 is 0 Å². The largest absolute Gasteiger partial charge is 0.348 e. The molecule has 0 radical (unpaired) electrons. The number of amides is 2. The van der Waals surface area contributed by atoms with Crippen LogP contribution in [0.5, 0.6) is 0 Å². The highest BCUT2D eigenvalue weighted by atomic mass is 32.1. The fourth-order valence-corrected chi connectivity index (χ4v) is 4.55. The second-order valence-electron chi connectivity index (χ2n) is 6.43. The topological polar surface area (TPSA) is 71.1 Å². The van der Waals surface area contributed by atoms with Crippen LogP contribution >= 0.6 is 11.3 Å². The highest BCUT2D eigenvalue weighted by Crippen LogP contribution is 2.39. The van der Waals surface area contributed by atoms with Gasteiger partial charge in [0.25, 0.3) is 11.8 Å². The highest BCUT2D eigenvalue weighted by Gasteiger charge is 2.27. The number of rotatable bonds is 5. The third-order valence-electron chi connectivity index (χ3n) is 4.59. The lowest BCUT2D eigenvalue weighted by molar-refractivity contribution is 0.0951. The van der Waals surface area contributed by atoms with Gasteiger partial charge in [0, 0.05) is 29.4 Å². The van der Waals surface area contributed by atoms with Crippen LogP contribution in [0, 0.1) is 0 Å². The summed E-state index contributed by atoms with van der Waals surface area (Å²) in [6, 6.07) is 12.8. The van der Waals surface area contributed by atoms with Crippen molar-refractivity contribution >= 4 is 28.2 Å². The third-order valence-corrected chi connectivity index (χ3v) is 5.79. The van der Waals surface area contributed by atoms with Crippen molar-refractivity contribution in [2.24, 2.45) is 0 Å². The molecular weight excluding hydrogens is 358 g/mol. The third kappa shape index (κ3) is 3.75. The normalized spacial score (nSPS) is 12.4. The number of nitrogens with zero attached hydrogens (tertiary/aromatic N) is 1. The molecular formula is C21H19N3O2S. The molecule has 5 nitrogen and oxygen atoms in total. The van der Waals surface area contributed by atoms with Crippen molar-refractivity contribution in [3.63, 3.8) is 0 Å². The van der Waals surface area contributed by atoms with Crippen molar-refractivity contribution < 1.29 is 9.59 Å². The first-order valence-corrected chi connectivity index (χ1v) is 9.72. The number of anilines is 1. The first-order valence-electron chi connectivity index (χ1n) is 8.90. The number of benzene rings is 1. The number of carbonyl (C=O) groups is 2. The molecule has 0 unspecified atom stereocenters. The lowest BCUT2D eigenvalue weighted by Gasteiger charge is -2.09. The lowest BCUT2D eigenvalue weighted by atomic mass is 10.1. The number of thiophene rings is 1. The average Bonchev–Trinajstić information content (AvgIpc) is 3.28. The van der Waals surface area contributed by atoms with Crippen molar-refractivity contribution in [2.45, 2.75) is 25.8 Å². The van der Waals surface area contributed by atoms with Crippen LogP contribution in [-0.4, -0.2) is 16.8 Å². The zero-order valence-electron chi connectivity index (χ0n) is 14.7. The Kier molecular flexibility index (Phi) is 4.98. The molecule has 0 bridgehead atoms. The molecule has 0 saturated heterocycles. The molecule has 4 rings (SSSR count). The van der Waals surface area contributed by atoms with Crippen LogP contribution in [0.3, 0.4) is 0 Å². The van der Waals surface area contributed by atoms with Crippen LogP contribution in [0.25, 0.3) is 0 Å². The minimum absolute atomic E-state index is 0.151. The van der Waals surface area contributed by atoms with Crippen molar-refractivity contribution in [1.29, 1.82) is 0 Å². The zero-order valence-corrected chi connectivity index (χ0v) is 15.5. The molecule has 6 heteroatoms. The Labute approximate surface area is 161 Å². The van der Waals surface area contributed by atoms with Crippen molar-refractivity contribution in [3.05, 3.63) is 82.0 Å². The number of hydrogen-bond acceptors (Lipinski definition) is 4. The van der Waals surface area contributed by atoms with Gasteiger partial charge < -0.3 is 10.6 Å². The Bertz CT molecular complexity index is 968. The number of fused-ring (bicyclic) bond motifs is 1. The molecule has 0 fully saturated rings. The molecule has 0 atom stereocenters. The summed E-state index contributed by atoms with van der Waals surface area (Å²) >= 11 is 1.52. The maximum Gasteiger partial charge on any atom is 0.256 e. The SMILES string of the molecule is O=C(Nc1sc2c(c1C(=O)NCc1cccnc1)CCC2)c1ccccc1. The average molecular weight is 377 g/mol. The van der Waals surface area contributed by atoms with Gasteiger partial charge in [-0.05, 0) is 48.6 Å². The van der Waals surface area contributed by atoms with E-state index in [0.717, 1.165) is 30.4 Å². The number of aryl methyl sites for hydroxylation is 1. The number of carbonyl (C=O) groups excluding carboxylic acids is 2. The van der Waals surface area contributed by atoms with E-state index in [4.69, 9.17) is 0 Å². The fourth-order valence-electron chi connectivity index (χ4n) is 3.27. The number of aromatic nitrogens is 1. The monoisotopic (exact) mass is 377 g/mol. The second-order valence-corrected chi connectivity index (χ2v) is 7.53.